The molecule has 0 aliphatic heterocycles. The third-order valence-corrected chi connectivity index (χ3v) is 0.167. The Morgan fingerprint density at radius 3 is 1.00 bits per heavy atom. The fraction of sp³-hybridized carbons (Fsp3) is 0. The average molecular weight is 102 g/mol. The minimum Gasteiger partial charge on any atom is -0.543 e. The molecule has 0 spiro atoms. The zero-order valence-electron chi connectivity index (χ0n) is 4.63. The molecule has 0 radical (unpaired) electrons. The maximum Gasteiger partial charge on any atom is 1.00 e. The van der Waals surface area contributed by atoms with Crippen LogP contribution in [-0.4, -0.2) is 11.9 Å². The molecule has 0 aliphatic rings. The molecule has 34 valence electrons. The smallest absolute Gasteiger partial charge is 0.543 e. The van der Waals surface area contributed by atoms with Gasteiger partial charge in [0.25, 0.3) is 0 Å². The van der Waals surface area contributed by atoms with E-state index in [1.165, 1.54) is 0 Å². The van der Waals surface area contributed by atoms with Gasteiger partial charge in [0, 0.05) is 0 Å². The van der Waals surface area contributed by atoms with Crippen molar-refractivity contribution in [1.82, 2.24) is 0 Å². The Kier molecular flexibility index (Phi) is 14.0. The van der Waals surface area contributed by atoms with E-state index in [2.05, 4.69) is 0 Å². The molecule has 0 rings (SSSR count). The van der Waals surface area contributed by atoms with Crippen LogP contribution in [0, 0.1) is 0 Å². The van der Waals surface area contributed by atoms with Crippen molar-refractivity contribution in [3.8, 4) is 0 Å². The quantitative estimate of drug-likeness (QED) is 0.224. The van der Waals surface area contributed by atoms with Gasteiger partial charge in [-0.3, -0.25) is 0 Å². The molecule has 0 unspecified atom stereocenters. The number of hydrogen-bond acceptors (Lipinski definition) is 4. The van der Waals surface area contributed by atoms with Crippen LogP contribution in [0.5, 0.6) is 0 Å². The fourth-order valence-electron chi connectivity index (χ4n) is 0. The topological polar surface area (TPSA) is 80.3 Å². The van der Waals surface area contributed by atoms with Crippen LogP contribution in [0.3, 0.4) is 0 Å². The van der Waals surface area contributed by atoms with E-state index < -0.39 is 11.9 Å². The molecule has 0 aromatic rings. The van der Waals surface area contributed by atoms with Gasteiger partial charge < -0.3 is 19.8 Å². The summed E-state index contributed by atoms with van der Waals surface area (Å²) in [6.45, 7) is 0. The Morgan fingerprint density at radius 2 is 1.00 bits per heavy atom. The van der Waals surface area contributed by atoms with Crippen molar-refractivity contribution in [3.63, 3.8) is 0 Å². The number of carboxylic acid groups (broad SMARTS) is 2. The van der Waals surface area contributed by atoms with Gasteiger partial charge in [0.15, 0.2) is 0 Å². The first-order valence-electron chi connectivity index (χ1n) is 1.07. The second-order valence-corrected chi connectivity index (χ2v) is 0.575. The van der Waals surface area contributed by atoms with Crippen LogP contribution in [0.4, 0.5) is 0 Å². The van der Waals surface area contributed by atoms with E-state index in [1.807, 2.05) is 0 Å². The Bertz CT molecular complexity index is 78.0. The summed E-state index contributed by atoms with van der Waals surface area (Å²) in [5.41, 5.74) is 0. The van der Waals surface area contributed by atoms with E-state index in [9.17, 15) is 0 Å². The van der Waals surface area contributed by atoms with Crippen LogP contribution < -0.4 is 47.9 Å². The Hall–Kier alpha value is 0.135. The number of carbonyl (C=O) groups is 2. The molecule has 0 aromatic carbocycles. The van der Waals surface area contributed by atoms with Gasteiger partial charge in [0.1, 0.15) is 0 Å². The van der Waals surface area contributed by atoms with Crippen LogP contribution in [0.25, 0.3) is 0 Å². The second-order valence-electron chi connectivity index (χ2n) is 0.575. The first-order chi connectivity index (χ1) is 2.64. The third-order valence-electron chi connectivity index (χ3n) is 0.167. The van der Waals surface area contributed by atoms with Gasteiger partial charge in [-0.1, -0.05) is 0 Å². The Labute approximate surface area is 69.6 Å². The summed E-state index contributed by atoms with van der Waals surface area (Å²) in [5, 5.41) is 17.9. The van der Waals surface area contributed by atoms with Crippen LogP contribution in [0.15, 0.2) is 0 Å². The van der Waals surface area contributed by atoms with Gasteiger partial charge >= 0.3 is 37.7 Å². The molecule has 0 bridgehead atoms. The van der Waals surface area contributed by atoms with Gasteiger partial charge in [-0.05, 0) is 0 Å². The summed E-state index contributed by atoms with van der Waals surface area (Å²) in [7, 11) is 0. The zero-order chi connectivity index (χ0) is 5.15. The van der Waals surface area contributed by atoms with Crippen LogP contribution in [0.1, 0.15) is 0 Å². The minimum atomic E-state index is -2.19. The zero-order valence-corrected chi connectivity index (χ0v) is 4.63. The molecule has 6 heteroatoms. The summed E-state index contributed by atoms with van der Waals surface area (Å²) >= 11 is 0. The molecule has 0 N–H and O–H groups in total. The van der Waals surface area contributed by atoms with Crippen molar-refractivity contribution < 1.29 is 57.5 Å². The van der Waals surface area contributed by atoms with Gasteiger partial charge in [0.2, 0.25) is 0 Å². The van der Waals surface area contributed by atoms with Crippen LogP contribution in [0.2, 0.25) is 0 Å². The minimum absolute atomic E-state index is 0. The molecular weight excluding hydrogens is 102 g/mol. The molecule has 0 heterocycles. The molecule has 0 amide bonds. The largest absolute Gasteiger partial charge is 1.00 e. The number of carbonyl (C=O) groups excluding carboxylic acids is 2. The van der Waals surface area contributed by atoms with Gasteiger partial charge in [-0.15, -0.1) is 0 Å². The maximum absolute atomic E-state index is 8.93. The Morgan fingerprint density at radius 1 is 0.875 bits per heavy atom. The second kappa shape index (κ2) is 7.13. The SMILES string of the molecule is O=C([O-])C(=O)[O-].[Li+].[Li+]. The summed E-state index contributed by atoms with van der Waals surface area (Å²) in [5.74, 6) is -4.37. The van der Waals surface area contributed by atoms with Crippen LogP contribution >= 0.6 is 0 Å². The van der Waals surface area contributed by atoms with E-state index in [0.717, 1.165) is 0 Å². The first kappa shape index (κ1) is 15.7. The molecule has 0 saturated heterocycles. The van der Waals surface area contributed by atoms with E-state index in [0.29, 0.717) is 0 Å². The predicted octanol–water partition coefficient (Wildman–Crippen LogP) is -9.51. The predicted molar refractivity (Wildman–Crippen MR) is 10.0 cm³/mol. The van der Waals surface area contributed by atoms with Gasteiger partial charge in [0.05, 0.1) is 11.9 Å². The molecule has 8 heavy (non-hydrogen) atoms. The average Bonchev–Trinajstić information content (AvgIpc) is 1.36. The molecule has 0 saturated carbocycles. The third kappa shape index (κ3) is 9.46. The fourth-order valence-corrected chi connectivity index (χ4v) is 0. The van der Waals surface area contributed by atoms with Crippen LogP contribution in [-0.2, 0) is 9.59 Å². The molecule has 0 aliphatic carbocycles. The Balaban J connectivity index is -0.000000125. The van der Waals surface area contributed by atoms with Crippen molar-refractivity contribution in [1.29, 1.82) is 0 Å². The normalized spacial score (nSPS) is 5.50. The summed E-state index contributed by atoms with van der Waals surface area (Å²) < 4.78 is 0. The van der Waals surface area contributed by atoms with E-state index in [1.54, 1.807) is 0 Å². The van der Waals surface area contributed by atoms with E-state index >= 15 is 0 Å². The number of carboxylic acids is 2. The van der Waals surface area contributed by atoms with Crippen molar-refractivity contribution in [3.05, 3.63) is 0 Å². The van der Waals surface area contributed by atoms with Gasteiger partial charge in [-0.25, -0.2) is 0 Å². The summed E-state index contributed by atoms with van der Waals surface area (Å²) in [6, 6.07) is 0. The summed E-state index contributed by atoms with van der Waals surface area (Å²) in [4.78, 5) is 17.9. The first-order valence-corrected chi connectivity index (χ1v) is 1.07. The van der Waals surface area contributed by atoms with Crippen molar-refractivity contribution in [2.45, 2.75) is 0 Å². The van der Waals surface area contributed by atoms with E-state index in [-0.39, 0.29) is 37.7 Å². The van der Waals surface area contributed by atoms with Gasteiger partial charge in [-0.2, -0.15) is 0 Å². The maximum atomic E-state index is 8.93. The molecule has 0 aromatic heterocycles. The van der Waals surface area contributed by atoms with E-state index in [4.69, 9.17) is 19.8 Å². The number of aliphatic carboxylic acids is 2. The monoisotopic (exact) mass is 102 g/mol. The molecule has 4 nitrogen and oxygen atoms in total. The summed E-state index contributed by atoms with van der Waals surface area (Å²) in [6.07, 6.45) is 0. The van der Waals surface area contributed by atoms with Crippen molar-refractivity contribution >= 4 is 11.9 Å². The molecule has 0 fully saturated rings. The van der Waals surface area contributed by atoms with Crippen molar-refractivity contribution in [2.75, 3.05) is 0 Å². The number of hydrogen-bond donors (Lipinski definition) is 0. The standard InChI is InChI=1S/C2H2O4.2Li/c3-1(4)2(5)6;;/h(H,3,4)(H,5,6);;/q;2*+1/p-2. The molecular formula is C2Li2O4. The number of rotatable bonds is 0. The molecule has 0 atom stereocenters. The van der Waals surface area contributed by atoms with Crippen molar-refractivity contribution in [2.24, 2.45) is 0 Å².